The molecular formula is C23H17N5O3S. The Morgan fingerprint density at radius 1 is 0.875 bits per heavy atom. The monoisotopic (exact) mass is 443 g/mol. The first-order chi connectivity index (χ1) is 15.7. The Kier molecular flexibility index (Phi) is 5.16. The molecule has 5 rings (SSSR count). The summed E-state index contributed by atoms with van der Waals surface area (Å²) in [6, 6.07) is 21.4. The molecule has 0 spiro atoms. The van der Waals surface area contributed by atoms with Gasteiger partial charge in [-0.15, -0.1) is 5.10 Å². The van der Waals surface area contributed by atoms with Gasteiger partial charge in [0.1, 0.15) is 11.3 Å². The van der Waals surface area contributed by atoms with Gasteiger partial charge in [-0.3, -0.25) is 14.2 Å². The van der Waals surface area contributed by atoms with Crippen molar-refractivity contribution in [2.24, 2.45) is 0 Å². The lowest BCUT2D eigenvalue weighted by molar-refractivity contribution is 0.414. The second-order valence-electron chi connectivity index (χ2n) is 6.94. The lowest BCUT2D eigenvalue weighted by Gasteiger charge is -2.14. The van der Waals surface area contributed by atoms with Gasteiger partial charge in [-0.05, 0) is 36.4 Å². The molecule has 0 bridgehead atoms. The smallest absolute Gasteiger partial charge is 0.278 e. The third-order valence-corrected chi connectivity index (χ3v) is 5.91. The van der Waals surface area contributed by atoms with Gasteiger partial charge in [0, 0.05) is 6.07 Å². The van der Waals surface area contributed by atoms with Crippen molar-refractivity contribution in [2.75, 3.05) is 7.11 Å². The van der Waals surface area contributed by atoms with E-state index in [1.54, 1.807) is 61.7 Å². The summed E-state index contributed by atoms with van der Waals surface area (Å²) in [6.45, 7) is 0. The Balaban J connectivity index is 1.62. The van der Waals surface area contributed by atoms with Crippen LogP contribution in [0.5, 0.6) is 5.75 Å². The highest BCUT2D eigenvalue weighted by Gasteiger charge is 2.15. The summed E-state index contributed by atoms with van der Waals surface area (Å²) >= 11 is 1.23. The number of thioether (sulfide) groups is 1. The average molecular weight is 443 g/mol. The first kappa shape index (κ1) is 20.0. The van der Waals surface area contributed by atoms with Crippen molar-refractivity contribution in [3.8, 4) is 11.4 Å². The van der Waals surface area contributed by atoms with E-state index in [1.807, 2.05) is 18.2 Å². The van der Waals surface area contributed by atoms with Crippen LogP contribution in [0.1, 0.15) is 0 Å². The first-order valence-corrected chi connectivity index (χ1v) is 10.8. The zero-order chi connectivity index (χ0) is 22.1. The molecule has 158 valence electrons. The van der Waals surface area contributed by atoms with Gasteiger partial charge in [0.25, 0.3) is 11.1 Å². The molecule has 0 radical (unpaired) electrons. The predicted molar refractivity (Wildman–Crippen MR) is 124 cm³/mol. The van der Waals surface area contributed by atoms with Gasteiger partial charge in [-0.25, -0.2) is 4.98 Å². The number of hydrogen-bond donors (Lipinski definition) is 0. The van der Waals surface area contributed by atoms with Gasteiger partial charge in [-0.2, -0.15) is 4.68 Å². The van der Waals surface area contributed by atoms with Gasteiger partial charge in [0.05, 0.1) is 35.0 Å². The van der Waals surface area contributed by atoms with Crippen molar-refractivity contribution >= 4 is 33.6 Å². The van der Waals surface area contributed by atoms with E-state index >= 15 is 0 Å². The standard InChI is InChI=1S/C23H17N5O3S/c1-31-16-8-6-7-15(13-16)28-22(30)17-9-2-4-11-19(17)24-23(28)32-14-27-21(29)18-10-3-5-12-20(18)25-26-27/h2-13H,14H2,1H3. The van der Waals surface area contributed by atoms with Crippen LogP contribution in [0.2, 0.25) is 0 Å². The summed E-state index contributed by atoms with van der Waals surface area (Å²) in [5.74, 6) is 0.765. The fraction of sp³-hybridized carbons (Fsp3) is 0.0870. The number of fused-ring (bicyclic) bond motifs is 2. The van der Waals surface area contributed by atoms with Gasteiger partial charge >= 0.3 is 0 Å². The van der Waals surface area contributed by atoms with Crippen molar-refractivity contribution in [1.82, 2.24) is 24.5 Å². The summed E-state index contributed by atoms with van der Waals surface area (Å²) in [4.78, 5) is 30.9. The lowest BCUT2D eigenvalue weighted by Crippen LogP contribution is -2.25. The van der Waals surface area contributed by atoms with Crippen molar-refractivity contribution in [3.05, 3.63) is 93.5 Å². The normalized spacial score (nSPS) is 11.2. The summed E-state index contributed by atoms with van der Waals surface area (Å²) in [7, 11) is 1.57. The van der Waals surface area contributed by atoms with Gasteiger partial charge in [0.2, 0.25) is 0 Å². The Morgan fingerprint density at radius 3 is 2.38 bits per heavy atom. The Bertz CT molecular complexity index is 1580. The quantitative estimate of drug-likeness (QED) is 0.304. The predicted octanol–water partition coefficient (Wildman–Crippen LogP) is 3.25. The highest BCUT2D eigenvalue weighted by atomic mass is 32.2. The molecule has 0 fully saturated rings. The molecule has 9 heteroatoms. The zero-order valence-electron chi connectivity index (χ0n) is 17.0. The molecule has 0 aliphatic heterocycles. The molecule has 5 aromatic rings. The summed E-state index contributed by atoms with van der Waals surface area (Å²) in [5, 5.41) is 9.58. The van der Waals surface area contributed by atoms with Crippen LogP contribution < -0.4 is 15.9 Å². The largest absolute Gasteiger partial charge is 0.497 e. The fourth-order valence-corrected chi connectivity index (χ4v) is 4.30. The Morgan fingerprint density at radius 2 is 1.59 bits per heavy atom. The molecule has 2 heterocycles. The number of para-hydroxylation sites is 1. The molecule has 32 heavy (non-hydrogen) atoms. The molecule has 2 aromatic heterocycles. The highest BCUT2D eigenvalue weighted by Crippen LogP contribution is 2.24. The van der Waals surface area contributed by atoms with Crippen LogP contribution in [0.4, 0.5) is 0 Å². The number of methoxy groups -OCH3 is 1. The van der Waals surface area contributed by atoms with E-state index in [1.165, 1.54) is 21.0 Å². The summed E-state index contributed by atoms with van der Waals surface area (Å²) in [5.41, 5.74) is 1.28. The van der Waals surface area contributed by atoms with Crippen molar-refractivity contribution in [3.63, 3.8) is 0 Å². The highest BCUT2D eigenvalue weighted by molar-refractivity contribution is 7.98. The molecular weight excluding hydrogens is 426 g/mol. The van der Waals surface area contributed by atoms with E-state index in [9.17, 15) is 9.59 Å². The van der Waals surface area contributed by atoms with E-state index in [0.29, 0.717) is 38.4 Å². The van der Waals surface area contributed by atoms with Crippen molar-refractivity contribution in [1.29, 1.82) is 0 Å². The van der Waals surface area contributed by atoms with E-state index in [4.69, 9.17) is 9.72 Å². The zero-order valence-corrected chi connectivity index (χ0v) is 17.8. The number of hydrogen-bond acceptors (Lipinski definition) is 7. The maximum absolute atomic E-state index is 13.4. The van der Waals surface area contributed by atoms with Crippen LogP contribution in [0.3, 0.4) is 0 Å². The van der Waals surface area contributed by atoms with Gasteiger partial charge in [0.15, 0.2) is 5.16 Å². The topological polar surface area (TPSA) is 91.9 Å². The third-order valence-electron chi connectivity index (χ3n) is 5.00. The van der Waals surface area contributed by atoms with Crippen LogP contribution in [0.15, 0.2) is 87.5 Å². The first-order valence-electron chi connectivity index (χ1n) is 9.77. The number of aromatic nitrogens is 5. The Labute approximate surface area is 186 Å². The summed E-state index contributed by atoms with van der Waals surface area (Å²) in [6.07, 6.45) is 0. The minimum atomic E-state index is -0.251. The Hall–Kier alpha value is -3.98. The summed E-state index contributed by atoms with van der Waals surface area (Å²) < 4.78 is 8.11. The van der Waals surface area contributed by atoms with Crippen LogP contribution in [0, 0.1) is 0 Å². The van der Waals surface area contributed by atoms with Crippen molar-refractivity contribution in [2.45, 2.75) is 11.0 Å². The minimum absolute atomic E-state index is 0.144. The molecule has 0 unspecified atom stereocenters. The van der Waals surface area contributed by atoms with Crippen LogP contribution >= 0.6 is 11.8 Å². The number of benzene rings is 3. The molecule has 0 saturated heterocycles. The van der Waals surface area contributed by atoms with E-state index in [2.05, 4.69) is 10.3 Å². The van der Waals surface area contributed by atoms with E-state index in [0.717, 1.165) is 0 Å². The number of rotatable bonds is 5. The molecule has 0 amide bonds. The third kappa shape index (κ3) is 3.52. The molecule has 0 saturated carbocycles. The SMILES string of the molecule is COc1cccc(-n2c(SCn3nnc4ccccc4c3=O)nc3ccccc3c2=O)c1. The lowest BCUT2D eigenvalue weighted by atomic mass is 10.2. The van der Waals surface area contributed by atoms with Gasteiger partial charge in [-0.1, -0.05) is 47.3 Å². The molecule has 0 aliphatic rings. The maximum atomic E-state index is 13.4. The van der Waals surface area contributed by atoms with Gasteiger partial charge < -0.3 is 4.74 Å². The second kappa shape index (κ2) is 8.27. The average Bonchev–Trinajstić information content (AvgIpc) is 2.84. The minimum Gasteiger partial charge on any atom is -0.497 e. The second-order valence-corrected chi connectivity index (χ2v) is 7.85. The van der Waals surface area contributed by atoms with Crippen LogP contribution in [-0.2, 0) is 5.88 Å². The number of nitrogens with zero attached hydrogens (tertiary/aromatic N) is 5. The number of ether oxygens (including phenoxy) is 1. The van der Waals surface area contributed by atoms with Crippen LogP contribution in [0.25, 0.3) is 27.5 Å². The van der Waals surface area contributed by atoms with E-state index in [-0.39, 0.29) is 17.0 Å². The molecule has 0 atom stereocenters. The van der Waals surface area contributed by atoms with Crippen molar-refractivity contribution < 1.29 is 4.74 Å². The molecule has 8 nitrogen and oxygen atoms in total. The molecule has 0 N–H and O–H groups in total. The maximum Gasteiger partial charge on any atom is 0.278 e. The van der Waals surface area contributed by atoms with Crippen LogP contribution in [-0.4, -0.2) is 31.7 Å². The van der Waals surface area contributed by atoms with E-state index < -0.39 is 0 Å². The molecule has 3 aromatic carbocycles. The fourth-order valence-electron chi connectivity index (χ4n) is 3.41. The molecule has 0 aliphatic carbocycles.